The van der Waals surface area contributed by atoms with E-state index in [-0.39, 0.29) is 5.91 Å². The molecule has 2 aliphatic rings. The molecule has 1 atom stereocenters. The first-order valence-corrected chi connectivity index (χ1v) is 3.68. The molecular weight excluding hydrogens is 146 g/mol. The topological polar surface area (TPSA) is 66.4 Å². The van der Waals surface area contributed by atoms with E-state index in [2.05, 4.69) is 5.32 Å². The Morgan fingerprint density at radius 1 is 1.64 bits per heavy atom. The molecule has 0 bridgehead atoms. The van der Waals surface area contributed by atoms with Crippen LogP contribution in [0, 0.1) is 11.3 Å². The first-order valence-electron chi connectivity index (χ1n) is 3.68. The molecule has 1 aliphatic heterocycles. The van der Waals surface area contributed by atoms with E-state index in [4.69, 9.17) is 5.11 Å². The van der Waals surface area contributed by atoms with Gasteiger partial charge < -0.3 is 10.4 Å². The minimum Gasteiger partial charge on any atom is -0.481 e. The molecule has 2 rings (SSSR count). The number of nitrogens with one attached hydrogen (secondary N) is 1. The zero-order chi connectivity index (χ0) is 8.06. The summed E-state index contributed by atoms with van der Waals surface area (Å²) in [7, 11) is 0. The standard InChI is InChI=1S/C7H9NO3/c9-5(10)4-3-8-6(11)7(4)1-2-7/h4H,1-3H2,(H,8,11)(H,9,10)/t4-/m0/s1. The molecule has 60 valence electrons. The summed E-state index contributed by atoms with van der Waals surface area (Å²) in [6.07, 6.45) is 1.49. The fourth-order valence-corrected chi connectivity index (χ4v) is 1.76. The van der Waals surface area contributed by atoms with E-state index < -0.39 is 17.3 Å². The van der Waals surface area contributed by atoms with E-state index in [0.717, 1.165) is 12.8 Å². The monoisotopic (exact) mass is 155 g/mol. The number of carbonyl (C=O) groups is 2. The summed E-state index contributed by atoms with van der Waals surface area (Å²) in [4.78, 5) is 21.7. The summed E-state index contributed by atoms with van der Waals surface area (Å²) in [5, 5.41) is 11.3. The number of amides is 1. The predicted molar refractivity (Wildman–Crippen MR) is 35.8 cm³/mol. The molecule has 0 radical (unpaired) electrons. The molecule has 4 nitrogen and oxygen atoms in total. The normalized spacial score (nSPS) is 32.0. The van der Waals surface area contributed by atoms with Crippen molar-refractivity contribution in [2.24, 2.45) is 11.3 Å². The van der Waals surface area contributed by atoms with Gasteiger partial charge in [0.1, 0.15) is 0 Å². The van der Waals surface area contributed by atoms with Crippen LogP contribution in [0.5, 0.6) is 0 Å². The molecule has 1 aliphatic carbocycles. The molecular formula is C7H9NO3. The highest BCUT2D eigenvalue weighted by atomic mass is 16.4. The lowest BCUT2D eigenvalue weighted by Gasteiger charge is -2.07. The van der Waals surface area contributed by atoms with Crippen LogP contribution in [0.1, 0.15) is 12.8 Å². The van der Waals surface area contributed by atoms with Gasteiger partial charge in [-0.05, 0) is 12.8 Å². The molecule has 1 spiro atoms. The predicted octanol–water partition coefficient (Wildman–Crippen LogP) is -0.403. The number of carbonyl (C=O) groups excluding carboxylic acids is 1. The summed E-state index contributed by atoms with van der Waals surface area (Å²) < 4.78 is 0. The SMILES string of the molecule is O=C(O)[C@@H]1CNC(=O)C12CC2. The molecule has 2 fully saturated rings. The summed E-state index contributed by atoms with van der Waals surface area (Å²) in [6, 6.07) is 0. The number of carboxylic acid groups (broad SMARTS) is 1. The van der Waals surface area contributed by atoms with Crippen LogP contribution in [-0.2, 0) is 9.59 Å². The zero-order valence-corrected chi connectivity index (χ0v) is 5.96. The lowest BCUT2D eigenvalue weighted by Crippen LogP contribution is -2.25. The Morgan fingerprint density at radius 3 is 2.64 bits per heavy atom. The van der Waals surface area contributed by atoms with E-state index in [1.807, 2.05) is 0 Å². The third-order valence-electron chi connectivity index (χ3n) is 2.67. The second kappa shape index (κ2) is 1.75. The summed E-state index contributed by atoms with van der Waals surface area (Å²) in [6.45, 7) is 0.314. The number of hydrogen-bond donors (Lipinski definition) is 2. The van der Waals surface area contributed by atoms with Crippen molar-refractivity contribution in [3.63, 3.8) is 0 Å². The molecule has 2 N–H and O–H groups in total. The van der Waals surface area contributed by atoms with Gasteiger partial charge in [0, 0.05) is 6.54 Å². The van der Waals surface area contributed by atoms with Gasteiger partial charge in [0.25, 0.3) is 0 Å². The Kier molecular flexibility index (Phi) is 1.06. The van der Waals surface area contributed by atoms with Gasteiger partial charge >= 0.3 is 5.97 Å². The molecule has 1 amide bonds. The van der Waals surface area contributed by atoms with Crippen LogP contribution in [0.2, 0.25) is 0 Å². The zero-order valence-electron chi connectivity index (χ0n) is 5.96. The first-order chi connectivity index (χ1) is 5.17. The molecule has 0 aromatic rings. The maximum Gasteiger partial charge on any atom is 0.309 e. The number of rotatable bonds is 1. The summed E-state index contributed by atoms with van der Waals surface area (Å²) in [5.41, 5.74) is -0.508. The highest BCUT2D eigenvalue weighted by Gasteiger charge is 2.61. The van der Waals surface area contributed by atoms with Crippen molar-refractivity contribution >= 4 is 11.9 Å². The Balaban J connectivity index is 2.25. The Morgan fingerprint density at radius 2 is 2.27 bits per heavy atom. The van der Waals surface area contributed by atoms with Gasteiger partial charge in [0.15, 0.2) is 0 Å². The fraction of sp³-hybridized carbons (Fsp3) is 0.714. The maximum atomic E-state index is 11.1. The maximum absolute atomic E-state index is 11.1. The van der Waals surface area contributed by atoms with Crippen LogP contribution in [0.15, 0.2) is 0 Å². The van der Waals surface area contributed by atoms with Crippen molar-refractivity contribution in [1.82, 2.24) is 5.32 Å². The number of hydrogen-bond acceptors (Lipinski definition) is 2. The van der Waals surface area contributed by atoms with Crippen molar-refractivity contribution in [1.29, 1.82) is 0 Å². The number of carboxylic acids is 1. The van der Waals surface area contributed by atoms with Crippen molar-refractivity contribution in [2.45, 2.75) is 12.8 Å². The third kappa shape index (κ3) is 0.692. The van der Waals surface area contributed by atoms with Crippen LogP contribution >= 0.6 is 0 Å². The van der Waals surface area contributed by atoms with Crippen molar-refractivity contribution in [3.05, 3.63) is 0 Å². The minimum absolute atomic E-state index is 0.0649. The van der Waals surface area contributed by atoms with Crippen molar-refractivity contribution < 1.29 is 14.7 Å². The van der Waals surface area contributed by atoms with Crippen molar-refractivity contribution in [3.8, 4) is 0 Å². The Hall–Kier alpha value is -1.06. The summed E-state index contributed by atoms with van der Waals surface area (Å²) in [5.74, 6) is -1.39. The van der Waals surface area contributed by atoms with Gasteiger partial charge in [-0.15, -0.1) is 0 Å². The second-order valence-corrected chi connectivity index (χ2v) is 3.26. The molecule has 4 heteroatoms. The fourth-order valence-electron chi connectivity index (χ4n) is 1.76. The molecule has 1 saturated heterocycles. The lowest BCUT2D eigenvalue weighted by atomic mass is 9.93. The van der Waals surface area contributed by atoms with Crippen LogP contribution in [-0.4, -0.2) is 23.5 Å². The van der Waals surface area contributed by atoms with Gasteiger partial charge in [0.2, 0.25) is 5.91 Å². The van der Waals surface area contributed by atoms with Gasteiger partial charge in [-0.1, -0.05) is 0 Å². The van der Waals surface area contributed by atoms with Crippen LogP contribution in [0.3, 0.4) is 0 Å². The van der Waals surface area contributed by atoms with Gasteiger partial charge in [-0.2, -0.15) is 0 Å². The smallest absolute Gasteiger partial charge is 0.309 e. The molecule has 11 heavy (non-hydrogen) atoms. The molecule has 1 saturated carbocycles. The van der Waals surface area contributed by atoms with E-state index >= 15 is 0 Å². The van der Waals surface area contributed by atoms with E-state index in [1.165, 1.54) is 0 Å². The van der Waals surface area contributed by atoms with Crippen molar-refractivity contribution in [2.75, 3.05) is 6.54 Å². The van der Waals surface area contributed by atoms with Gasteiger partial charge in [-0.25, -0.2) is 0 Å². The summed E-state index contributed by atoms with van der Waals surface area (Å²) >= 11 is 0. The lowest BCUT2D eigenvalue weighted by molar-refractivity contribution is -0.144. The highest BCUT2D eigenvalue weighted by Crippen LogP contribution is 2.54. The molecule has 0 aromatic carbocycles. The average molecular weight is 155 g/mol. The average Bonchev–Trinajstić information content (AvgIpc) is 2.61. The minimum atomic E-state index is -0.846. The van der Waals surface area contributed by atoms with E-state index in [9.17, 15) is 9.59 Å². The van der Waals surface area contributed by atoms with Crippen LogP contribution in [0.4, 0.5) is 0 Å². The van der Waals surface area contributed by atoms with E-state index in [1.54, 1.807) is 0 Å². The second-order valence-electron chi connectivity index (χ2n) is 3.26. The molecule has 0 aromatic heterocycles. The largest absolute Gasteiger partial charge is 0.481 e. The van der Waals surface area contributed by atoms with Crippen LogP contribution in [0.25, 0.3) is 0 Å². The quantitative estimate of drug-likeness (QED) is 0.541. The molecule has 0 unspecified atom stereocenters. The van der Waals surface area contributed by atoms with Gasteiger partial charge in [-0.3, -0.25) is 9.59 Å². The Labute approximate surface area is 63.6 Å². The van der Waals surface area contributed by atoms with Gasteiger partial charge in [0.05, 0.1) is 11.3 Å². The Bertz CT molecular complexity index is 232. The first kappa shape index (κ1) is 6.64. The highest BCUT2D eigenvalue weighted by molar-refractivity contribution is 5.94. The van der Waals surface area contributed by atoms with E-state index in [0.29, 0.717) is 6.54 Å². The van der Waals surface area contributed by atoms with Crippen LogP contribution < -0.4 is 5.32 Å². The third-order valence-corrected chi connectivity index (χ3v) is 2.67. The number of aliphatic carboxylic acids is 1. The molecule has 1 heterocycles.